The van der Waals surface area contributed by atoms with E-state index in [1.807, 2.05) is 18.5 Å². The van der Waals surface area contributed by atoms with Gasteiger partial charge >= 0.3 is 0 Å². The van der Waals surface area contributed by atoms with Crippen molar-refractivity contribution in [1.82, 2.24) is 4.90 Å². The van der Waals surface area contributed by atoms with Crippen molar-refractivity contribution >= 4 is 12.2 Å². The Hall–Kier alpha value is -1.12. The lowest BCUT2D eigenvalue weighted by atomic mass is 10.1. The van der Waals surface area contributed by atoms with Crippen molar-refractivity contribution < 1.29 is 0 Å². The molecule has 0 bridgehead atoms. The van der Waals surface area contributed by atoms with Crippen LogP contribution in [0.2, 0.25) is 0 Å². The minimum Gasteiger partial charge on any atom is -0.341 e. The fraction of sp³-hybridized carbons (Fsp3) is 0.600. The molecule has 0 N–H and O–H groups in total. The smallest absolute Gasteiger partial charge is 0.224 e. The van der Waals surface area contributed by atoms with Crippen molar-refractivity contribution in [3.8, 4) is 0 Å². The maximum atomic E-state index is 4.34. The van der Waals surface area contributed by atoms with Gasteiger partial charge in [-0.25, -0.2) is 9.98 Å². The summed E-state index contributed by atoms with van der Waals surface area (Å²) in [6.07, 6.45) is 10.6. The summed E-state index contributed by atoms with van der Waals surface area (Å²) in [6, 6.07) is 0. The van der Waals surface area contributed by atoms with Crippen LogP contribution in [0.1, 0.15) is 25.7 Å². The standard InChI is InChI=1S/C10H15N3/c1-4-8-13(9-5-1)10-11-6-2-3-7-12-10/h2,6-7H,1,3-5,8-9H2. The molecule has 2 aliphatic heterocycles. The summed E-state index contributed by atoms with van der Waals surface area (Å²) in [4.78, 5) is 10.9. The first-order chi connectivity index (χ1) is 6.47. The second-order valence-electron chi connectivity index (χ2n) is 3.41. The van der Waals surface area contributed by atoms with Crippen molar-refractivity contribution in [2.75, 3.05) is 13.1 Å². The molecule has 0 aliphatic carbocycles. The Kier molecular flexibility index (Phi) is 2.75. The van der Waals surface area contributed by atoms with Crippen LogP contribution in [0.4, 0.5) is 0 Å². The number of hydrogen-bond acceptors (Lipinski definition) is 3. The third kappa shape index (κ3) is 2.17. The fourth-order valence-electron chi connectivity index (χ4n) is 1.67. The first-order valence-electron chi connectivity index (χ1n) is 4.97. The molecular weight excluding hydrogens is 162 g/mol. The van der Waals surface area contributed by atoms with Crippen molar-refractivity contribution in [3.63, 3.8) is 0 Å². The quantitative estimate of drug-likeness (QED) is 0.554. The molecular formula is C10H15N3. The van der Waals surface area contributed by atoms with Gasteiger partial charge in [0, 0.05) is 31.9 Å². The Morgan fingerprint density at radius 2 is 2.00 bits per heavy atom. The van der Waals surface area contributed by atoms with Gasteiger partial charge in [-0.1, -0.05) is 6.08 Å². The zero-order valence-corrected chi connectivity index (χ0v) is 7.82. The lowest BCUT2D eigenvalue weighted by molar-refractivity contribution is 0.339. The highest BCUT2D eigenvalue weighted by molar-refractivity contribution is 5.89. The van der Waals surface area contributed by atoms with E-state index in [9.17, 15) is 0 Å². The average Bonchev–Trinajstić information content (AvgIpc) is 2.47. The van der Waals surface area contributed by atoms with Crippen LogP contribution in [-0.4, -0.2) is 30.2 Å². The molecule has 0 saturated carbocycles. The van der Waals surface area contributed by atoms with Gasteiger partial charge in [0.05, 0.1) is 0 Å². The van der Waals surface area contributed by atoms with E-state index < -0.39 is 0 Å². The first kappa shape index (κ1) is 8.48. The zero-order chi connectivity index (χ0) is 8.93. The van der Waals surface area contributed by atoms with Gasteiger partial charge in [-0.15, -0.1) is 0 Å². The topological polar surface area (TPSA) is 28.0 Å². The first-order valence-corrected chi connectivity index (χ1v) is 4.97. The summed E-state index contributed by atoms with van der Waals surface area (Å²) < 4.78 is 0. The number of guanidine groups is 1. The van der Waals surface area contributed by atoms with Crippen LogP contribution < -0.4 is 0 Å². The number of likely N-dealkylation sites (tertiary alicyclic amines) is 1. The van der Waals surface area contributed by atoms with Gasteiger partial charge in [0.15, 0.2) is 0 Å². The molecule has 1 fully saturated rings. The lowest BCUT2D eigenvalue weighted by Crippen LogP contribution is -2.34. The average molecular weight is 177 g/mol. The van der Waals surface area contributed by atoms with Gasteiger partial charge in [0.1, 0.15) is 0 Å². The molecule has 1 saturated heterocycles. The highest BCUT2D eigenvalue weighted by Crippen LogP contribution is 2.10. The van der Waals surface area contributed by atoms with Crippen LogP contribution in [0.15, 0.2) is 22.3 Å². The summed E-state index contributed by atoms with van der Waals surface area (Å²) in [5, 5.41) is 0. The third-order valence-electron chi connectivity index (χ3n) is 2.38. The number of allylic oxidation sites excluding steroid dienone is 1. The zero-order valence-electron chi connectivity index (χ0n) is 7.82. The van der Waals surface area contributed by atoms with Crippen LogP contribution in [-0.2, 0) is 0 Å². The van der Waals surface area contributed by atoms with E-state index in [-0.39, 0.29) is 0 Å². The Labute approximate surface area is 78.9 Å². The molecule has 0 aromatic carbocycles. The van der Waals surface area contributed by atoms with E-state index >= 15 is 0 Å². The van der Waals surface area contributed by atoms with Gasteiger partial charge in [-0.05, 0) is 19.3 Å². The van der Waals surface area contributed by atoms with Crippen molar-refractivity contribution in [3.05, 3.63) is 12.3 Å². The predicted octanol–water partition coefficient (Wildman–Crippen LogP) is 1.82. The number of piperidine rings is 1. The Morgan fingerprint density at radius 1 is 1.15 bits per heavy atom. The van der Waals surface area contributed by atoms with Gasteiger partial charge in [0.25, 0.3) is 0 Å². The molecule has 3 nitrogen and oxygen atoms in total. The van der Waals surface area contributed by atoms with E-state index in [1.165, 1.54) is 19.3 Å². The SMILES string of the molecule is C1=CN=C(N2CCCCC2)N=CC1. The molecule has 0 atom stereocenters. The Morgan fingerprint density at radius 3 is 2.85 bits per heavy atom. The number of hydrogen-bond donors (Lipinski definition) is 0. The monoisotopic (exact) mass is 177 g/mol. The molecule has 2 rings (SSSR count). The molecule has 3 heteroatoms. The van der Waals surface area contributed by atoms with Crippen LogP contribution in [0.5, 0.6) is 0 Å². The Bertz CT molecular complexity index is 247. The second-order valence-corrected chi connectivity index (χ2v) is 3.41. The molecule has 0 unspecified atom stereocenters. The highest BCUT2D eigenvalue weighted by Gasteiger charge is 2.13. The van der Waals surface area contributed by atoms with Crippen molar-refractivity contribution in [1.29, 1.82) is 0 Å². The fourth-order valence-corrected chi connectivity index (χ4v) is 1.67. The predicted molar refractivity (Wildman–Crippen MR) is 55.1 cm³/mol. The number of aliphatic imine (C=N–C) groups is 2. The lowest BCUT2D eigenvalue weighted by Gasteiger charge is -2.26. The molecule has 0 amide bonds. The van der Waals surface area contributed by atoms with Gasteiger partial charge < -0.3 is 4.90 Å². The maximum absolute atomic E-state index is 4.34. The summed E-state index contributed by atoms with van der Waals surface area (Å²) in [7, 11) is 0. The summed E-state index contributed by atoms with van der Waals surface area (Å²) in [5.41, 5.74) is 0. The van der Waals surface area contributed by atoms with E-state index in [0.29, 0.717) is 0 Å². The molecule has 70 valence electrons. The Balaban J connectivity index is 2.05. The van der Waals surface area contributed by atoms with E-state index in [1.54, 1.807) is 0 Å². The number of nitrogens with zero attached hydrogens (tertiary/aromatic N) is 3. The molecule has 0 aromatic heterocycles. The molecule has 13 heavy (non-hydrogen) atoms. The molecule has 2 aliphatic rings. The van der Waals surface area contributed by atoms with Gasteiger partial charge in [-0.2, -0.15) is 0 Å². The third-order valence-corrected chi connectivity index (χ3v) is 2.38. The second kappa shape index (κ2) is 4.21. The van der Waals surface area contributed by atoms with Crippen LogP contribution in [0, 0.1) is 0 Å². The summed E-state index contributed by atoms with van der Waals surface area (Å²) in [5.74, 6) is 0.897. The van der Waals surface area contributed by atoms with E-state index in [4.69, 9.17) is 0 Å². The molecule has 0 radical (unpaired) electrons. The van der Waals surface area contributed by atoms with Crippen LogP contribution in [0.3, 0.4) is 0 Å². The largest absolute Gasteiger partial charge is 0.341 e. The van der Waals surface area contributed by atoms with Crippen LogP contribution >= 0.6 is 0 Å². The number of rotatable bonds is 0. The van der Waals surface area contributed by atoms with Crippen molar-refractivity contribution in [2.24, 2.45) is 9.98 Å². The minimum absolute atomic E-state index is 0.897. The normalized spacial score (nSPS) is 22.8. The molecule has 0 aromatic rings. The van der Waals surface area contributed by atoms with Gasteiger partial charge in [0.2, 0.25) is 5.96 Å². The van der Waals surface area contributed by atoms with E-state index in [0.717, 1.165) is 25.5 Å². The van der Waals surface area contributed by atoms with E-state index in [2.05, 4.69) is 14.9 Å². The highest BCUT2D eigenvalue weighted by atomic mass is 15.3. The summed E-state index contributed by atoms with van der Waals surface area (Å²) >= 11 is 0. The summed E-state index contributed by atoms with van der Waals surface area (Å²) in [6.45, 7) is 2.23. The minimum atomic E-state index is 0.897. The van der Waals surface area contributed by atoms with Crippen LogP contribution in [0.25, 0.3) is 0 Å². The van der Waals surface area contributed by atoms with Gasteiger partial charge in [-0.3, -0.25) is 0 Å². The molecule has 0 spiro atoms. The van der Waals surface area contributed by atoms with Crippen molar-refractivity contribution in [2.45, 2.75) is 25.7 Å². The molecule has 2 heterocycles. The maximum Gasteiger partial charge on any atom is 0.224 e.